The first-order valence-electron chi connectivity index (χ1n) is 7.70. The molecule has 0 atom stereocenters. The molecule has 0 spiro atoms. The zero-order valence-electron chi connectivity index (χ0n) is 13.0. The lowest BCUT2D eigenvalue weighted by molar-refractivity contribution is 0.372. The van der Waals surface area contributed by atoms with E-state index in [0.29, 0.717) is 0 Å². The summed E-state index contributed by atoms with van der Waals surface area (Å²) in [6, 6.07) is 6.73. The van der Waals surface area contributed by atoms with Gasteiger partial charge in [-0.2, -0.15) is 0 Å². The van der Waals surface area contributed by atoms with Crippen LogP contribution in [0.1, 0.15) is 19.8 Å². The van der Waals surface area contributed by atoms with Gasteiger partial charge in [-0.05, 0) is 30.7 Å². The fourth-order valence-corrected chi connectivity index (χ4v) is 2.54. The van der Waals surface area contributed by atoms with Gasteiger partial charge in [-0.15, -0.1) is 0 Å². The normalized spacial score (nSPS) is 16.2. The molecule has 0 aromatic heterocycles. The first kappa shape index (κ1) is 15.6. The molecule has 4 nitrogen and oxygen atoms in total. The molecule has 0 saturated carbocycles. The van der Waals surface area contributed by atoms with Gasteiger partial charge in [-0.25, -0.2) is 4.39 Å². The van der Waals surface area contributed by atoms with Crippen molar-refractivity contribution < 1.29 is 4.39 Å². The Kier molecular flexibility index (Phi) is 5.84. The van der Waals surface area contributed by atoms with E-state index in [1.165, 1.54) is 18.6 Å². The second-order valence-corrected chi connectivity index (χ2v) is 5.28. The second kappa shape index (κ2) is 7.86. The van der Waals surface area contributed by atoms with E-state index in [1.807, 2.05) is 19.2 Å². The third kappa shape index (κ3) is 4.34. The van der Waals surface area contributed by atoms with E-state index in [0.717, 1.165) is 50.8 Å². The van der Waals surface area contributed by atoms with Gasteiger partial charge in [-0.3, -0.25) is 4.99 Å². The highest BCUT2D eigenvalue weighted by molar-refractivity contribution is 5.80. The molecule has 2 rings (SSSR count). The lowest BCUT2D eigenvalue weighted by atomic mass is 10.2. The van der Waals surface area contributed by atoms with Crippen molar-refractivity contribution >= 4 is 11.6 Å². The van der Waals surface area contributed by atoms with Crippen LogP contribution in [0.25, 0.3) is 0 Å². The highest BCUT2D eigenvalue weighted by atomic mass is 19.1. The average Bonchev–Trinajstić information content (AvgIpc) is 2.53. The first-order chi connectivity index (χ1) is 10.2. The van der Waals surface area contributed by atoms with Crippen LogP contribution in [0, 0.1) is 5.82 Å². The van der Waals surface area contributed by atoms with Crippen molar-refractivity contribution in [2.45, 2.75) is 19.8 Å². The largest absolute Gasteiger partial charge is 0.368 e. The summed E-state index contributed by atoms with van der Waals surface area (Å²) in [4.78, 5) is 8.93. The molecular formula is C16H25FN4. The van der Waals surface area contributed by atoms with Gasteiger partial charge < -0.3 is 15.1 Å². The van der Waals surface area contributed by atoms with Crippen LogP contribution in [0.2, 0.25) is 0 Å². The van der Waals surface area contributed by atoms with E-state index in [1.54, 1.807) is 0 Å². The molecular weight excluding hydrogens is 267 g/mol. The van der Waals surface area contributed by atoms with Gasteiger partial charge in [0, 0.05) is 45.5 Å². The minimum atomic E-state index is -0.182. The van der Waals surface area contributed by atoms with Crippen molar-refractivity contribution in [2.75, 3.05) is 44.7 Å². The van der Waals surface area contributed by atoms with Gasteiger partial charge >= 0.3 is 0 Å². The number of benzene rings is 1. The third-order valence-corrected chi connectivity index (χ3v) is 3.80. The van der Waals surface area contributed by atoms with Crippen LogP contribution in [0.3, 0.4) is 0 Å². The van der Waals surface area contributed by atoms with E-state index in [4.69, 9.17) is 0 Å². The summed E-state index contributed by atoms with van der Waals surface area (Å²) in [5, 5.41) is 3.41. The number of anilines is 1. The van der Waals surface area contributed by atoms with Crippen molar-refractivity contribution in [1.82, 2.24) is 10.2 Å². The van der Waals surface area contributed by atoms with E-state index in [2.05, 4.69) is 27.0 Å². The van der Waals surface area contributed by atoms with Gasteiger partial charge in [0.1, 0.15) is 5.82 Å². The first-order valence-corrected chi connectivity index (χ1v) is 7.70. The summed E-state index contributed by atoms with van der Waals surface area (Å²) < 4.78 is 13.0. The van der Waals surface area contributed by atoms with Crippen LogP contribution < -0.4 is 10.2 Å². The Bertz CT molecular complexity index is 450. The number of rotatable bonds is 4. The molecule has 1 heterocycles. The molecule has 0 aliphatic carbocycles. The summed E-state index contributed by atoms with van der Waals surface area (Å²) in [5.74, 6) is 0.806. The van der Waals surface area contributed by atoms with Crippen LogP contribution in [0.4, 0.5) is 10.1 Å². The SMILES string of the molecule is CCCCNC(=NC)N1CCN(c2ccc(F)cc2)CC1. The summed E-state index contributed by atoms with van der Waals surface area (Å²) in [5.41, 5.74) is 1.09. The molecule has 0 bridgehead atoms. The van der Waals surface area contributed by atoms with Crippen LogP contribution in [-0.4, -0.2) is 50.6 Å². The maximum Gasteiger partial charge on any atom is 0.193 e. The Morgan fingerprint density at radius 1 is 1.19 bits per heavy atom. The van der Waals surface area contributed by atoms with E-state index >= 15 is 0 Å². The number of halogens is 1. The van der Waals surface area contributed by atoms with Crippen molar-refractivity contribution in [1.29, 1.82) is 0 Å². The molecule has 1 aromatic rings. The van der Waals surface area contributed by atoms with E-state index in [-0.39, 0.29) is 5.82 Å². The Morgan fingerprint density at radius 2 is 1.86 bits per heavy atom. The van der Waals surface area contributed by atoms with Crippen LogP contribution in [-0.2, 0) is 0 Å². The number of aliphatic imine (C=N–C) groups is 1. The molecule has 0 unspecified atom stereocenters. The maximum atomic E-state index is 13.0. The smallest absolute Gasteiger partial charge is 0.193 e. The van der Waals surface area contributed by atoms with Crippen LogP contribution >= 0.6 is 0 Å². The minimum absolute atomic E-state index is 0.182. The minimum Gasteiger partial charge on any atom is -0.368 e. The molecule has 1 aromatic carbocycles. The number of nitrogens with one attached hydrogen (secondary N) is 1. The molecule has 1 saturated heterocycles. The Morgan fingerprint density at radius 3 is 2.43 bits per heavy atom. The summed E-state index contributed by atoms with van der Waals surface area (Å²) >= 11 is 0. The lowest BCUT2D eigenvalue weighted by Gasteiger charge is -2.37. The number of hydrogen-bond acceptors (Lipinski definition) is 2. The van der Waals surface area contributed by atoms with Crippen molar-refractivity contribution in [2.24, 2.45) is 4.99 Å². The van der Waals surface area contributed by atoms with Crippen molar-refractivity contribution in [3.05, 3.63) is 30.1 Å². The predicted octanol–water partition coefficient (Wildman–Crippen LogP) is 2.32. The van der Waals surface area contributed by atoms with Crippen molar-refractivity contribution in [3.8, 4) is 0 Å². The van der Waals surface area contributed by atoms with Crippen LogP contribution in [0.15, 0.2) is 29.3 Å². The molecule has 1 aliphatic heterocycles. The molecule has 21 heavy (non-hydrogen) atoms. The third-order valence-electron chi connectivity index (χ3n) is 3.80. The number of piperazine rings is 1. The van der Waals surface area contributed by atoms with Gasteiger partial charge in [0.2, 0.25) is 0 Å². The zero-order chi connectivity index (χ0) is 15.1. The van der Waals surface area contributed by atoms with Gasteiger partial charge in [-0.1, -0.05) is 13.3 Å². The number of hydrogen-bond donors (Lipinski definition) is 1. The molecule has 0 amide bonds. The zero-order valence-corrected chi connectivity index (χ0v) is 13.0. The average molecular weight is 292 g/mol. The fourth-order valence-electron chi connectivity index (χ4n) is 2.54. The highest BCUT2D eigenvalue weighted by Gasteiger charge is 2.19. The summed E-state index contributed by atoms with van der Waals surface area (Å²) in [6.45, 7) is 6.89. The van der Waals surface area contributed by atoms with E-state index < -0.39 is 0 Å². The molecule has 116 valence electrons. The molecule has 1 fully saturated rings. The standard InChI is InChI=1S/C16H25FN4/c1-3-4-9-19-16(18-2)21-12-10-20(11-13-21)15-7-5-14(17)6-8-15/h5-8H,3-4,9-13H2,1-2H3,(H,18,19). The fraction of sp³-hybridized carbons (Fsp3) is 0.562. The van der Waals surface area contributed by atoms with Gasteiger partial charge in [0.05, 0.1) is 0 Å². The maximum absolute atomic E-state index is 13.0. The molecule has 0 radical (unpaired) electrons. The Labute approximate surface area is 126 Å². The van der Waals surface area contributed by atoms with Crippen molar-refractivity contribution in [3.63, 3.8) is 0 Å². The quantitative estimate of drug-likeness (QED) is 0.525. The summed E-state index contributed by atoms with van der Waals surface area (Å²) in [6.07, 6.45) is 2.34. The highest BCUT2D eigenvalue weighted by Crippen LogP contribution is 2.16. The number of nitrogens with zero attached hydrogens (tertiary/aromatic N) is 3. The Hall–Kier alpha value is -1.78. The van der Waals surface area contributed by atoms with Gasteiger partial charge in [0.25, 0.3) is 0 Å². The molecule has 1 aliphatic rings. The van der Waals surface area contributed by atoms with Gasteiger partial charge in [0.15, 0.2) is 5.96 Å². The lowest BCUT2D eigenvalue weighted by Crippen LogP contribution is -2.52. The molecule has 5 heteroatoms. The van der Waals surface area contributed by atoms with Crippen LogP contribution in [0.5, 0.6) is 0 Å². The monoisotopic (exact) mass is 292 g/mol. The van der Waals surface area contributed by atoms with E-state index in [9.17, 15) is 4.39 Å². The topological polar surface area (TPSA) is 30.9 Å². The number of guanidine groups is 1. The second-order valence-electron chi connectivity index (χ2n) is 5.28. The molecule has 1 N–H and O–H groups in total. The summed E-state index contributed by atoms with van der Waals surface area (Å²) in [7, 11) is 1.83. The Balaban J connectivity index is 1.85. The predicted molar refractivity (Wildman–Crippen MR) is 86.5 cm³/mol. The number of unbranched alkanes of at least 4 members (excludes halogenated alkanes) is 1.